The lowest BCUT2D eigenvalue weighted by Crippen LogP contribution is -2.23. The molecule has 0 bridgehead atoms. The molecule has 0 aromatic heterocycles. The van der Waals surface area contributed by atoms with Crippen LogP contribution in [0.15, 0.2) is 42.5 Å². The average Bonchev–Trinajstić information content (AvgIpc) is 2.56. The van der Waals surface area contributed by atoms with Crippen LogP contribution in [-0.2, 0) is 4.79 Å². The minimum absolute atomic E-state index is 0.0810. The lowest BCUT2D eigenvalue weighted by atomic mass is 10.2. The molecule has 24 heavy (non-hydrogen) atoms. The second-order valence-electron chi connectivity index (χ2n) is 4.85. The van der Waals surface area contributed by atoms with E-state index in [1.807, 2.05) is 6.92 Å². The molecule has 0 atom stereocenters. The number of hydrogen-bond acceptors (Lipinski definition) is 3. The molecule has 7 heteroatoms. The molecule has 2 N–H and O–H groups in total. The van der Waals surface area contributed by atoms with Crippen molar-refractivity contribution in [3.63, 3.8) is 0 Å². The highest BCUT2D eigenvalue weighted by molar-refractivity contribution is 6.30. The van der Waals surface area contributed by atoms with Crippen molar-refractivity contribution in [1.82, 2.24) is 5.32 Å². The number of anilines is 1. The standard InChI is InChI=1S/C17H16ClFN2O3/c1-2-20-17(23)11-4-3-5-12(8-11)21-16(22)10-24-13-6-7-15(19)14(18)9-13/h3-9H,2,10H2,1H3,(H,20,23)(H,21,22). The molecule has 0 saturated heterocycles. The van der Waals surface area contributed by atoms with Gasteiger partial charge in [0.05, 0.1) is 5.02 Å². The van der Waals surface area contributed by atoms with E-state index in [4.69, 9.17) is 16.3 Å². The monoisotopic (exact) mass is 350 g/mol. The summed E-state index contributed by atoms with van der Waals surface area (Å²) in [4.78, 5) is 23.7. The van der Waals surface area contributed by atoms with Gasteiger partial charge in [0, 0.05) is 23.9 Å². The number of nitrogens with one attached hydrogen (secondary N) is 2. The maximum Gasteiger partial charge on any atom is 0.262 e. The van der Waals surface area contributed by atoms with Gasteiger partial charge >= 0.3 is 0 Å². The van der Waals surface area contributed by atoms with Gasteiger partial charge in [0.15, 0.2) is 6.61 Å². The second kappa shape index (κ2) is 8.31. The van der Waals surface area contributed by atoms with Crippen LogP contribution in [0.2, 0.25) is 5.02 Å². The molecular weight excluding hydrogens is 335 g/mol. The third-order valence-electron chi connectivity index (χ3n) is 3.01. The van der Waals surface area contributed by atoms with Gasteiger partial charge < -0.3 is 15.4 Å². The Hall–Kier alpha value is -2.60. The predicted octanol–water partition coefficient (Wildman–Crippen LogP) is 3.25. The number of carbonyl (C=O) groups excluding carboxylic acids is 2. The van der Waals surface area contributed by atoms with Crippen LogP contribution in [0.1, 0.15) is 17.3 Å². The Kier molecular flexibility index (Phi) is 6.14. The quantitative estimate of drug-likeness (QED) is 0.840. The van der Waals surface area contributed by atoms with Crippen LogP contribution in [0.25, 0.3) is 0 Å². The van der Waals surface area contributed by atoms with E-state index >= 15 is 0 Å². The van der Waals surface area contributed by atoms with E-state index < -0.39 is 11.7 Å². The Labute approximate surface area is 143 Å². The molecule has 2 aromatic carbocycles. The molecule has 0 radical (unpaired) electrons. The topological polar surface area (TPSA) is 67.4 Å². The summed E-state index contributed by atoms with van der Waals surface area (Å²) in [7, 11) is 0. The summed E-state index contributed by atoms with van der Waals surface area (Å²) in [6.45, 7) is 2.07. The molecule has 2 rings (SSSR count). The Balaban J connectivity index is 1.93. The van der Waals surface area contributed by atoms with Crippen molar-refractivity contribution in [1.29, 1.82) is 0 Å². The minimum atomic E-state index is -0.560. The minimum Gasteiger partial charge on any atom is -0.484 e. The predicted molar refractivity (Wildman–Crippen MR) is 90.0 cm³/mol. The van der Waals surface area contributed by atoms with Crippen LogP contribution < -0.4 is 15.4 Å². The third-order valence-corrected chi connectivity index (χ3v) is 3.30. The zero-order valence-electron chi connectivity index (χ0n) is 12.9. The molecule has 126 valence electrons. The first-order valence-corrected chi connectivity index (χ1v) is 7.63. The fourth-order valence-electron chi connectivity index (χ4n) is 1.91. The molecule has 0 heterocycles. The van der Waals surface area contributed by atoms with Gasteiger partial charge in [-0.1, -0.05) is 17.7 Å². The van der Waals surface area contributed by atoms with Gasteiger partial charge in [-0.25, -0.2) is 4.39 Å². The molecule has 2 aromatic rings. The molecule has 5 nitrogen and oxygen atoms in total. The van der Waals surface area contributed by atoms with E-state index in [-0.39, 0.29) is 23.3 Å². The van der Waals surface area contributed by atoms with Gasteiger partial charge in [0.2, 0.25) is 0 Å². The van der Waals surface area contributed by atoms with Gasteiger partial charge in [-0.05, 0) is 37.3 Å². The van der Waals surface area contributed by atoms with E-state index in [0.717, 1.165) is 6.07 Å². The highest BCUT2D eigenvalue weighted by atomic mass is 35.5. The Bertz CT molecular complexity index is 752. The smallest absolute Gasteiger partial charge is 0.262 e. The van der Waals surface area contributed by atoms with Crippen LogP contribution in [0.3, 0.4) is 0 Å². The Morgan fingerprint density at radius 1 is 1.21 bits per heavy atom. The van der Waals surface area contributed by atoms with Crippen LogP contribution in [-0.4, -0.2) is 25.0 Å². The number of amides is 2. The summed E-state index contributed by atoms with van der Waals surface area (Å²) in [6, 6.07) is 10.4. The SMILES string of the molecule is CCNC(=O)c1cccc(NC(=O)COc2ccc(F)c(Cl)c2)c1. The summed E-state index contributed by atoms with van der Waals surface area (Å²) in [5, 5.41) is 5.22. The van der Waals surface area contributed by atoms with Crippen molar-refractivity contribution >= 4 is 29.1 Å². The number of halogens is 2. The van der Waals surface area contributed by atoms with Crippen molar-refractivity contribution < 1.29 is 18.7 Å². The zero-order chi connectivity index (χ0) is 17.5. The number of carbonyl (C=O) groups is 2. The second-order valence-corrected chi connectivity index (χ2v) is 5.26. The van der Waals surface area contributed by atoms with Gasteiger partial charge in [0.25, 0.3) is 11.8 Å². The van der Waals surface area contributed by atoms with E-state index in [1.54, 1.807) is 24.3 Å². The van der Waals surface area contributed by atoms with Crippen molar-refractivity contribution in [2.45, 2.75) is 6.92 Å². The molecule has 0 aliphatic carbocycles. The molecule has 2 amide bonds. The summed E-state index contributed by atoms with van der Waals surface area (Å²) < 4.78 is 18.3. The van der Waals surface area contributed by atoms with Crippen LogP contribution in [0.4, 0.5) is 10.1 Å². The summed E-state index contributed by atoms with van der Waals surface area (Å²) >= 11 is 5.64. The maximum atomic E-state index is 13.0. The zero-order valence-corrected chi connectivity index (χ0v) is 13.7. The molecular formula is C17H16ClFN2O3. The van der Waals surface area contributed by atoms with Crippen molar-refractivity contribution in [3.05, 3.63) is 58.9 Å². The molecule has 0 saturated carbocycles. The number of ether oxygens (including phenoxy) is 1. The first-order valence-electron chi connectivity index (χ1n) is 7.25. The third kappa shape index (κ3) is 4.96. The van der Waals surface area contributed by atoms with E-state index in [9.17, 15) is 14.0 Å². The first kappa shape index (κ1) is 17.7. The van der Waals surface area contributed by atoms with E-state index in [1.165, 1.54) is 12.1 Å². The number of rotatable bonds is 6. The van der Waals surface area contributed by atoms with Crippen LogP contribution in [0, 0.1) is 5.82 Å². The maximum absolute atomic E-state index is 13.0. The Morgan fingerprint density at radius 2 is 2.00 bits per heavy atom. The van der Waals surface area contributed by atoms with Gasteiger partial charge in [-0.2, -0.15) is 0 Å². The van der Waals surface area contributed by atoms with Crippen LogP contribution in [0.5, 0.6) is 5.75 Å². The van der Waals surface area contributed by atoms with Gasteiger partial charge in [-0.15, -0.1) is 0 Å². The first-order chi connectivity index (χ1) is 11.5. The Morgan fingerprint density at radius 3 is 2.71 bits per heavy atom. The molecule has 0 aliphatic heterocycles. The summed E-state index contributed by atoms with van der Waals surface area (Å²) in [5.74, 6) is -0.905. The highest BCUT2D eigenvalue weighted by Gasteiger charge is 2.08. The molecule has 0 aliphatic rings. The molecule has 0 spiro atoms. The largest absolute Gasteiger partial charge is 0.484 e. The highest BCUT2D eigenvalue weighted by Crippen LogP contribution is 2.21. The normalized spacial score (nSPS) is 10.1. The van der Waals surface area contributed by atoms with E-state index in [0.29, 0.717) is 17.8 Å². The van der Waals surface area contributed by atoms with Crippen molar-refractivity contribution in [3.8, 4) is 5.75 Å². The number of benzene rings is 2. The van der Waals surface area contributed by atoms with Gasteiger partial charge in [-0.3, -0.25) is 9.59 Å². The summed E-state index contributed by atoms with van der Waals surface area (Å²) in [5.41, 5.74) is 0.922. The molecule has 0 unspecified atom stereocenters. The van der Waals surface area contributed by atoms with Gasteiger partial charge in [0.1, 0.15) is 11.6 Å². The average molecular weight is 351 g/mol. The van der Waals surface area contributed by atoms with Crippen LogP contribution >= 0.6 is 11.6 Å². The van der Waals surface area contributed by atoms with Crippen molar-refractivity contribution in [2.24, 2.45) is 0 Å². The fourth-order valence-corrected chi connectivity index (χ4v) is 2.08. The number of hydrogen-bond donors (Lipinski definition) is 2. The fraction of sp³-hybridized carbons (Fsp3) is 0.176. The van der Waals surface area contributed by atoms with Crippen molar-refractivity contribution in [2.75, 3.05) is 18.5 Å². The molecule has 0 fully saturated rings. The van der Waals surface area contributed by atoms with E-state index in [2.05, 4.69) is 10.6 Å². The summed E-state index contributed by atoms with van der Waals surface area (Å²) in [6.07, 6.45) is 0. The lowest BCUT2D eigenvalue weighted by Gasteiger charge is -2.09. The lowest BCUT2D eigenvalue weighted by molar-refractivity contribution is -0.118.